The SMILES string of the molecule is COc1nc(N2CCC(C3CC3)C2c2n[nH]c(=O)[nH]2)ncc1Br. The van der Waals surface area contributed by atoms with E-state index in [1.165, 1.54) is 12.8 Å². The Balaban J connectivity index is 1.72. The summed E-state index contributed by atoms with van der Waals surface area (Å²) in [7, 11) is 1.58. The first-order valence-electron chi connectivity index (χ1n) is 7.65. The Labute approximate surface area is 140 Å². The van der Waals surface area contributed by atoms with Gasteiger partial charge in [0.25, 0.3) is 0 Å². The lowest BCUT2D eigenvalue weighted by Crippen LogP contribution is -2.29. The maximum Gasteiger partial charge on any atom is 0.340 e. The summed E-state index contributed by atoms with van der Waals surface area (Å²) in [4.78, 5) is 25.3. The van der Waals surface area contributed by atoms with Gasteiger partial charge in [-0.3, -0.25) is 4.98 Å². The van der Waals surface area contributed by atoms with Crippen molar-refractivity contribution in [3.8, 4) is 5.88 Å². The van der Waals surface area contributed by atoms with Crippen molar-refractivity contribution in [3.05, 3.63) is 27.0 Å². The Hall–Kier alpha value is -1.90. The third-order valence-corrected chi connectivity index (χ3v) is 5.17. The molecule has 0 radical (unpaired) electrons. The molecule has 8 nitrogen and oxygen atoms in total. The third-order valence-electron chi connectivity index (χ3n) is 4.62. The number of H-pyrrole nitrogens is 2. The number of halogens is 1. The average Bonchev–Trinajstić information content (AvgIpc) is 3.16. The van der Waals surface area contributed by atoms with Crippen molar-refractivity contribution >= 4 is 21.9 Å². The highest BCUT2D eigenvalue weighted by Gasteiger charge is 2.46. The second-order valence-corrected chi connectivity index (χ2v) is 6.87. The molecule has 0 bridgehead atoms. The van der Waals surface area contributed by atoms with Gasteiger partial charge in [-0.25, -0.2) is 14.9 Å². The molecule has 1 aliphatic carbocycles. The number of hydrogen-bond acceptors (Lipinski definition) is 6. The molecule has 4 rings (SSSR count). The van der Waals surface area contributed by atoms with Crippen LogP contribution in [0.3, 0.4) is 0 Å². The molecule has 3 heterocycles. The largest absolute Gasteiger partial charge is 0.480 e. The molecule has 2 fully saturated rings. The first-order chi connectivity index (χ1) is 11.2. The van der Waals surface area contributed by atoms with Gasteiger partial charge < -0.3 is 9.64 Å². The molecular formula is C14H17BrN6O2. The van der Waals surface area contributed by atoms with Crippen LogP contribution in [0.25, 0.3) is 0 Å². The van der Waals surface area contributed by atoms with Crippen molar-refractivity contribution in [1.29, 1.82) is 0 Å². The van der Waals surface area contributed by atoms with E-state index in [-0.39, 0.29) is 11.7 Å². The minimum Gasteiger partial charge on any atom is -0.480 e. The van der Waals surface area contributed by atoms with E-state index in [0.717, 1.165) is 13.0 Å². The van der Waals surface area contributed by atoms with Crippen LogP contribution in [0.15, 0.2) is 15.5 Å². The number of ether oxygens (including phenoxy) is 1. The molecule has 2 aliphatic rings. The zero-order valence-electron chi connectivity index (χ0n) is 12.6. The van der Waals surface area contributed by atoms with Gasteiger partial charge in [0.2, 0.25) is 11.8 Å². The molecule has 2 N–H and O–H groups in total. The van der Waals surface area contributed by atoms with Crippen molar-refractivity contribution < 1.29 is 4.74 Å². The smallest absolute Gasteiger partial charge is 0.340 e. The van der Waals surface area contributed by atoms with Crippen LogP contribution in [0.2, 0.25) is 0 Å². The Morgan fingerprint density at radius 1 is 1.39 bits per heavy atom. The quantitative estimate of drug-likeness (QED) is 0.835. The standard InChI is InChI=1S/C14H17BrN6O2/c1-23-12-9(15)6-16-13(18-12)21-5-4-8(7-2-3-7)10(21)11-17-14(22)20-19-11/h6-8,10H,2-5H2,1H3,(H2,17,19,20,22). The molecular weight excluding hydrogens is 364 g/mol. The van der Waals surface area contributed by atoms with Crippen LogP contribution in [0.5, 0.6) is 5.88 Å². The summed E-state index contributed by atoms with van der Waals surface area (Å²) in [5.74, 6) is 2.92. The monoisotopic (exact) mass is 380 g/mol. The fourth-order valence-electron chi connectivity index (χ4n) is 3.46. The van der Waals surface area contributed by atoms with E-state index in [9.17, 15) is 4.79 Å². The summed E-state index contributed by atoms with van der Waals surface area (Å²) in [6.07, 6.45) is 5.23. The van der Waals surface area contributed by atoms with Gasteiger partial charge in [-0.1, -0.05) is 0 Å². The first kappa shape index (κ1) is 14.7. The van der Waals surface area contributed by atoms with E-state index in [1.54, 1.807) is 13.3 Å². The van der Waals surface area contributed by atoms with Gasteiger partial charge in [0.1, 0.15) is 0 Å². The number of hydrogen-bond donors (Lipinski definition) is 2. The van der Waals surface area contributed by atoms with Crippen molar-refractivity contribution in [2.75, 3.05) is 18.6 Å². The first-order valence-corrected chi connectivity index (χ1v) is 8.44. The number of rotatable bonds is 4. The van der Waals surface area contributed by atoms with Gasteiger partial charge in [-0.2, -0.15) is 10.1 Å². The predicted octanol–water partition coefficient (Wildman–Crippen LogP) is 1.64. The number of aromatic amines is 2. The normalized spacial score (nSPS) is 24.2. The Bertz CT molecular complexity index is 771. The highest BCUT2D eigenvalue weighted by Crippen LogP contribution is 2.50. The molecule has 1 aliphatic heterocycles. The van der Waals surface area contributed by atoms with Crippen molar-refractivity contribution in [1.82, 2.24) is 25.1 Å². The van der Waals surface area contributed by atoms with Gasteiger partial charge in [0, 0.05) is 6.54 Å². The van der Waals surface area contributed by atoms with Gasteiger partial charge in [0.05, 0.1) is 23.8 Å². The van der Waals surface area contributed by atoms with Gasteiger partial charge in [0.15, 0.2) is 5.82 Å². The van der Waals surface area contributed by atoms with Crippen molar-refractivity contribution in [2.45, 2.75) is 25.3 Å². The van der Waals surface area contributed by atoms with E-state index in [4.69, 9.17) is 4.74 Å². The predicted molar refractivity (Wildman–Crippen MR) is 86.4 cm³/mol. The lowest BCUT2D eigenvalue weighted by Gasteiger charge is -2.26. The van der Waals surface area contributed by atoms with Crippen LogP contribution in [0.4, 0.5) is 5.95 Å². The number of nitrogens with zero attached hydrogens (tertiary/aromatic N) is 4. The average molecular weight is 381 g/mol. The summed E-state index contributed by atoms with van der Waals surface area (Å²) >= 11 is 3.37. The molecule has 2 aromatic heterocycles. The number of aromatic nitrogens is 5. The second kappa shape index (κ2) is 5.63. The fraction of sp³-hybridized carbons (Fsp3) is 0.571. The third kappa shape index (κ3) is 2.62. The topological polar surface area (TPSA) is 99.8 Å². The molecule has 2 atom stereocenters. The summed E-state index contributed by atoms with van der Waals surface area (Å²) in [6.45, 7) is 0.839. The van der Waals surface area contributed by atoms with E-state index in [1.807, 2.05) is 0 Å². The zero-order chi connectivity index (χ0) is 16.0. The van der Waals surface area contributed by atoms with E-state index in [2.05, 4.69) is 46.0 Å². The Kier molecular flexibility index (Phi) is 3.59. The second-order valence-electron chi connectivity index (χ2n) is 6.02. The van der Waals surface area contributed by atoms with E-state index < -0.39 is 0 Å². The van der Waals surface area contributed by atoms with Gasteiger partial charge >= 0.3 is 5.69 Å². The maximum absolute atomic E-state index is 11.5. The van der Waals surface area contributed by atoms with Crippen LogP contribution in [0.1, 0.15) is 31.1 Å². The van der Waals surface area contributed by atoms with E-state index in [0.29, 0.717) is 34.0 Å². The molecule has 23 heavy (non-hydrogen) atoms. The highest BCUT2D eigenvalue weighted by atomic mass is 79.9. The summed E-state index contributed by atoms with van der Waals surface area (Å²) in [6, 6.07) is -0.00710. The molecule has 2 aromatic rings. The molecule has 9 heteroatoms. The fourth-order valence-corrected chi connectivity index (χ4v) is 3.81. The summed E-state index contributed by atoms with van der Waals surface area (Å²) < 4.78 is 5.99. The van der Waals surface area contributed by atoms with Crippen LogP contribution < -0.4 is 15.3 Å². The Morgan fingerprint density at radius 2 is 2.22 bits per heavy atom. The Morgan fingerprint density at radius 3 is 2.87 bits per heavy atom. The zero-order valence-corrected chi connectivity index (χ0v) is 14.2. The number of methoxy groups -OCH3 is 1. The van der Waals surface area contributed by atoms with Crippen molar-refractivity contribution in [2.24, 2.45) is 11.8 Å². The van der Waals surface area contributed by atoms with Crippen LogP contribution in [-0.4, -0.2) is 38.8 Å². The van der Waals surface area contributed by atoms with Crippen LogP contribution in [0, 0.1) is 11.8 Å². The summed E-state index contributed by atoms with van der Waals surface area (Å²) in [5, 5.41) is 6.63. The molecule has 0 aromatic carbocycles. The van der Waals surface area contributed by atoms with Crippen LogP contribution >= 0.6 is 15.9 Å². The molecule has 1 saturated heterocycles. The minimum absolute atomic E-state index is 0.00710. The summed E-state index contributed by atoms with van der Waals surface area (Å²) in [5.41, 5.74) is -0.282. The maximum atomic E-state index is 11.5. The highest BCUT2D eigenvalue weighted by molar-refractivity contribution is 9.10. The molecule has 0 spiro atoms. The van der Waals surface area contributed by atoms with Crippen molar-refractivity contribution in [3.63, 3.8) is 0 Å². The van der Waals surface area contributed by atoms with Crippen LogP contribution in [-0.2, 0) is 0 Å². The van der Waals surface area contributed by atoms with Gasteiger partial charge in [-0.15, -0.1) is 0 Å². The lowest BCUT2D eigenvalue weighted by atomic mass is 9.94. The molecule has 1 saturated carbocycles. The van der Waals surface area contributed by atoms with Gasteiger partial charge in [-0.05, 0) is 47.0 Å². The minimum atomic E-state index is -0.282. The number of nitrogens with one attached hydrogen (secondary N) is 2. The molecule has 0 amide bonds. The number of anilines is 1. The molecule has 2 unspecified atom stereocenters. The lowest BCUT2D eigenvalue weighted by molar-refractivity contribution is 0.390. The van der Waals surface area contributed by atoms with E-state index >= 15 is 0 Å². The molecule has 122 valence electrons.